The summed E-state index contributed by atoms with van der Waals surface area (Å²) in [5, 5.41) is 2.03. The highest BCUT2D eigenvalue weighted by Crippen LogP contribution is 2.27. The number of sulfonamides is 1. The van der Waals surface area contributed by atoms with Gasteiger partial charge < -0.3 is 15.1 Å². The summed E-state index contributed by atoms with van der Waals surface area (Å²) in [5.41, 5.74) is 0. The number of nitrogens with zero attached hydrogens (tertiary/aromatic N) is 2. The highest BCUT2D eigenvalue weighted by Gasteiger charge is 2.39. The summed E-state index contributed by atoms with van der Waals surface area (Å²) in [4.78, 5) is 53.8. The molecule has 3 aliphatic rings. The molecule has 0 aromatic heterocycles. The van der Waals surface area contributed by atoms with Gasteiger partial charge in [0.05, 0.1) is 5.25 Å². The topological polar surface area (TPSA) is 133 Å². The van der Waals surface area contributed by atoms with Gasteiger partial charge in [-0.1, -0.05) is 6.08 Å². The van der Waals surface area contributed by atoms with Gasteiger partial charge in [0.25, 0.3) is 5.91 Å². The highest BCUT2D eigenvalue weighted by atomic mass is 32.2. The predicted octanol–water partition coefficient (Wildman–Crippen LogP) is 0.439. The van der Waals surface area contributed by atoms with Crippen LogP contribution >= 0.6 is 0 Å². The summed E-state index contributed by atoms with van der Waals surface area (Å²) < 4.78 is 26.2. The van der Waals surface area contributed by atoms with E-state index in [9.17, 15) is 27.6 Å². The molecule has 1 unspecified atom stereocenters. The highest BCUT2D eigenvalue weighted by molar-refractivity contribution is 7.90. The molecule has 4 amide bonds. The lowest BCUT2D eigenvalue weighted by Gasteiger charge is -2.28. The van der Waals surface area contributed by atoms with Crippen molar-refractivity contribution in [2.45, 2.75) is 81.5 Å². The van der Waals surface area contributed by atoms with Gasteiger partial charge in [0.15, 0.2) is 0 Å². The van der Waals surface area contributed by atoms with E-state index in [-0.39, 0.29) is 31.1 Å². The molecule has 0 aromatic carbocycles. The molecule has 10 nitrogen and oxygen atoms in total. The third-order valence-electron chi connectivity index (χ3n) is 6.38. The second-order valence-corrected chi connectivity index (χ2v) is 10.9. The molecule has 2 atom stereocenters. The molecule has 0 radical (unpaired) electrons. The maximum Gasteiger partial charge on any atom is 0.256 e. The fraction of sp³-hybridized carbons (Fsp3) is 0.727. The maximum atomic E-state index is 12.9. The molecule has 0 spiro atoms. The molecule has 1 aliphatic carbocycles. The molecule has 0 aromatic rings. The van der Waals surface area contributed by atoms with Crippen molar-refractivity contribution in [3.05, 3.63) is 12.7 Å². The molecule has 0 bridgehead atoms. The second-order valence-electron chi connectivity index (χ2n) is 8.98. The van der Waals surface area contributed by atoms with Crippen LogP contribution in [0.3, 0.4) is 0 Å². The average Bonchev–Trinajstić information content (AvgIpc) is 3.55. The molecular formula is C22H34N4O6S. The zero-order valence-electron chi connectivity index (χ0n) is 19.0. The standard InChI is InChI=1S/C22H34N4O6S/c1-2-7-17(21(29)24-33(31,32)16-9-10-16)23-22(30)18-8-6-15-26(18)20(28)12-11-19(27)25-13-4-3-5-14-25/h2,16-18H,1,3-15H2,(H,23,30)(H,24,29)/t17?,18-/m0/s1. The van der Waals surface area contributed by atoms with Gasteiger partial charge in [0, 0.05) is 32.5 Å². The minimum absolute atomic E-state index is 0.0370. The molecule has 3 fully saturated rings. The first kappa shape index (κ1) is 25.2. The Morgan fingerprint density at radius 1 is 0.939 bits per heavy atom. The van der Waals surface area contributed by atoms with E-state index in [2.05, 4.69) is 11.9 Å². The zero-order chi connectivity index (χ0) is 24.0. The fourth-order valence-electron chi connectivity index (χ4n) is 4.34. The number of nitrogens with one attached hydrogen (secondary N) is 2. The first-order chi connectivity index (χ1) is 15.7. The van der Waals surface area contributed by atoms with Crippen LogP contribution in [-0.4, -0.2) is 78.8 Å². The van der Waals surface area contributed by atoms with Gasteiger partial charge in [-0.15, -0.1) is 6.58 Å². The summed E-state index contributed by atoms with van der Waals surface area (Å²) in [6, 6.07) is -1.84. The molecule has 2 heterocycles. The Labute approximate surface area is 195 Å². The van der Waals surface area contributed by atoms with Gasteiger partial charge in [0.2, 0.25) is 27.7 Å². The smallest absolute Gasteiger partial charge is 0.256 e. The first-order valence-electron chi connectivity index (χ1n) is 11.8. The molecule has 2 aliphatic heterocycles. The Bertz CT molecular complexity index is 879. The number of rotatable bonds is 10. The van der Waals surface area contributed by atoms with Crippen LogP contribution in [0.4, 0.5) is 0 Å². The van der Waals surface area contributed by atoms with Crippen molar-refractivity contribution < 1.29 is 27.6 Å². The van der Waals surface area contributed by atoms with Gasteiger partial charge in [0.1, 0.15) is 12.1 Å². The van der Waals surface area contributed by atoms with E-state index < -0.39 is 39.2 Å². The van der Waals surface area contributed by atoms with Crippen molar-refractivity contribution in [3.8, 4) is 0 Å². The molecule has 184 valence electrons. The van der Waals surface area contributed by atoms with Gasteiger partial charge in [-0.3, -0.25) is 23.9 Å². The van der Waals surface area contributed by atoms with Crippen LogP contribution < -0.4 is 10.0 Å². The van der Waals surface area contributed by atoms with Gasteiger partial charge in [-0.05, 0) is 51.4 Å². The molecule has 1 saturated carbocycles. The Balaban J connectivity index is 1.54. The normalized spacial score (nSPS) is 21.9. The summed E-state index contributed by atoms with van der Waals surface area (Å²) >= 11 is 0. The molecule has 2 N–H and O–H groups in total. The fourth-order valence-corrected chi connectivity index (χ4v) is 5.68. The number of hydrogen-bond acceptors (Lipinski definition) is 6. The van der Waals surface area contributed by atoms with E-state index in [0.717, 1.165) is 32.4 Å². The Morgan fingerprint density at radius 3 is 2.24 bits per heavy atom. The lowest BCUT2D eigenvalue weighted by molar-refractivity contribution is -0.141. The summed E-state index contributed by atoms with van der Waals surface area (Å²) in [6.07, 6.45) is 6.83. The SMILES string of the molecule is C=CCC(NC(=O)[C@@H]1CCCN1C(=O)CCC(=O)N1CCCCC1)C(=O)NS(=O)(=O)C1CC1. The number of carbonyl (C=O) groups is 4. The maximum absolute atomic E-state index is 12.9. The van der Waals surface area contributed by atoms with E-state index in [1.54, 1.807) is 4.90 Å². The Kier molecular flexibility index (Phi) is 8.50. The molecule has 3 rings (SSSR count). The number of amides is 4. The van der Waals surface area contributed by atoms with E-state index >= 15 is 0 Å². The van der Waals surface area contributed by atoms with E-state index in [1.165, 1.54) is 11.0 Å². The van der Waals surface area contributed by atoms with Crippen molar-refractivity contribution in [1.29, 1.82) is 0 Å². The van der Waals surface area contributed by atoms with Crippen molar-refractivity contribution in [2.75, 3.05) is 19.6 Å². The lowest BCUT2D eigenvalue weighted by atomic mass is 10.1. The first-order valence-corrected chi connectivity index (χ1v) is 13.3. The average molecular weight is 483 g/mol. The third-order valence-corrected chi connectivity index (χ3v) is 8.21. The van der Waals surface area contributed by atoms with Crippen molar-refractivity contribution in [2.24, 2.45) is 0 Å². The minimum atomic E-state index is -3.74. The summed E-state index contributed by atoms with van der Waals surface area (Å²) in [7, 11) is -3.74. The third kappa shape index (κ3) is 6.78. The summed E-state index contributed by atoms with van der Waals surface area (Å²) in [5.74, 6) is -1.62. The molecule has 11 heteroatoms. The van der Waals surface area contributed by atoms with Crippen LogP contribution in [0.25, 0.3) is 0 Å². The number of hydrogen-bond donors (Lipinski definition) is 2. The van der Waals surface area contributed by atoms with Crippen LogP contribution in [0, 0.1) is 0 Å². The minimum Gasteiger partial charge on any atom is -0.343 e. The van der Waals surface area contributed by atoms with Crippen LogP contribution in [-0.2, 0) is 29.2 Å². The van der Waals surface area contributed by atoms with Crippen LogP contribution in [0.1, 0.15) is 64.2 Å². The quantitative estimate of drug-likeness (QED) is 0.434. The Hall–Kier alpha value is -2.43. The predicted molar refractivity (Wildman–Crippen MR) is 121 cm³/mol. The van der Waals surface area contributed by atoms with Crippen LogP contribution in [0.5, 0.6) is 0 Å². The number of likely N-dealkylation sites (tertiary alicyclic amines) is 2. The van der Waals surface area contributed by atoms with Crippen molar-refractivity contribution in [3.63, 3.8) is 0 Å². The van der Waals surface area contributed by atoms with Crippen molar-refractivity contribution in [1.82, 2.24) is 19.8 Å². The monoisotopic (exact) mass is 482 g/mol. The lowest BCUT2D eigenvalue weighted by Crippen LogP contribution is -2.54. The van der Waals surface area contributed by atoms with Crippen molar-refractivity contribution >= 4 is 33.7 Å². The Morgan fingerprint density at radius 2 is 1.61 bits per heavy atom. The van der Waals surface area contributed by atoms with Crippen LogP contribution in [0.2, 0.25) is 0 Å². The van der Waals surface area contributed by atoms with E-state index in [0.29, 0.717) is 32.2 Å². The van der Waals surface area contributed by atoms with E-state index in [1.807, 2.05) is 4.72 Å². The summed E-state index contributed by atoms with van der Waals surface area (Å²) in [6.45, 7) is 5.43. The molecule has 2 saturated heterocycles. The van der Waals surface area contributed by atoms with Gasteiger partial charge in [-0.25, -0.2) is 8.42 Å². The van der Waals surface area contributed by atoms with Crippen LogP contribution in [0.15, 0.2) is 12.7 Å². The number of carbonyl (C=O) groups excluding carboxylic acids is 4. The molecule has 33 heavy (non-hydrogen) atoms. The van der Waals surface area contributed by atoms with E-state index in [4.69, 9.17) is 0 Å². The van der Waals surface area contributed by atoms with Gasteiger partial charge >= 0.3 is 0 Å². The second kappa shape index (κ2) is 11.1. The largest absolute Gasteiger partial charge is 0.343 e. The molecular weight excluding hydrogens is 448 g/mol. The zero-order valence-corrected chi connectivity index (χ0v) is 19.8. The van der Waals surface area contributed by atoms with Gasteiger partial charge in [-0.2, -0.15) is 0 Å². The number of piperidine rings is 1.